The predicted molar refractivity (Wildman–Crippen MR) is 70.9 cm³/mol. The highest BCUT2D eigenvalue weighted by Gasteiger charge is 2.42. The maximum atomic E-state index is 12.1. The summed E-state index contributed by atoms with van der Waals surface area (Å²) in [6, 6.07) is 7.16. The Bertz CT molecular complexity index is 440. The van der Waals surface area contributed by atoms with Crippen molar-refractivity contribution in [2.75, 3.05) is 6.61 Å². The van der Waals surface area contributed by atoms with Gasteiger partial charge in [0.15, 0.2) is 5.78 Å². The van der Waals surface area contributed by atoms with Crippen LogP contribution >= 0.6 is 11.6 Å². The molecule has 2 saturated carbocycles. The number of hydrogen-bond acceptors (Lipinski definition) is 2. The Labute approximate surface area is 112 Å². The Kier molecular flexibility index (Phi) is 3.29. The topological polar surface area (TPSA) is 26.3 Å². The first-order valence-electron chi connectivity index (χ1n) is 6.63. The van der Waals surface area contributed by atoms with Crippen molar-refractivity contribution in [3.05, 3.63) is 29.3 Å². The number of ketones is 1. The normalized spacial score (nSPS) is 29.5. The van der Waals surface area contributed by atoms with Gasteiger partial charge in [-0.05, 0) is 55.4 Å². The van der Waals surface area contributed by atoms with Crippen molar-refractivity contribution in [3.8, 4) is 5.75 Å². The molecule has 3 unspecified atom stereocenters. The van der Waals surface area contributed by atoms with Gasteiger partial charge >= 0.3 is 0 Å². The van der Waals surface area contributed by atoms with E-state index in [1.165, 1.54) is 19.3 Å². The zero-order valence-electron chi connectivity index (χ0n) is 10.3. The number of ether oxygens (including phenoxy) is 1. The van der Waals surface area contributed by atoms with Gasteiger partial charge in [-0.1, -0.05) is 18.0 Å². The van der Waals surface area contributed by atoms with Crippen molar-refractivity contribution in [2.24, 2.45) is 17.8 Å². The molecule has 0 heterocycles. The van der Waals surface area contributed by atoms with Gasteiger partial charge in [0.05, 0.1) is 0 Å². The molecule has 18 heavy (non-hydrogen) atoms. The van der Waals surface area contributed by atoms with Gasteiger partial charge in [0.2, 0.25) is 0 Å². The van der Waals surface area contributed by atoms with Gasteiger partial charge in [-0.25, -0.2) is 0 Å². The number of halogens is 1. The Morgan fingerprint density at radius 2 is 2.00 bits per heavy atom. The molecule has 2 bridgehead atoms. The van der Waals surface area contributed by atoms with E-state index >= 15 is 0 Å². The quantitative estimate of drug-likeness (QED) is 0.828. The summed E-state index contributed by atoms with van der Waals surface area (Å²) in [5.41, 5.74) is 0. The summed E-state index contributed by atoms with van der Waals surface area (Å²) >= 11 is 5.80. The summed E-state index contributed by atoms with van der Waals surface area (Å²) in [6.45, 7) is 0.204. The van der Waals surface area contributed by atoms with Crippen LogP contribution in [-0.4, -0.2) is 12.4 Å². The highest BCUT2D eigenvalue weighted by molar-refractivity contribution is 6.30. The van der Waals surface area contributed by atoms with Crippen LogP contribution in [0.3, 0.4) is 0 Å². The summed E-state index contributed by atoms with van der Waals surface area (Å²) in [5.74, 6) is 2.69. The Morgan fingerprint density at radius 3 is 2.61 bits per heavy atom. The number of carbonyl (C=O) groups is 1. The van der Waals surface area contributed by atoms with E-state index in [1.807, 2.05) is 0 Å². The van der Waals surface area contributed by atoms with Gasteiger partial charge in [-0.2, -0.15) is 0 Å². The Balaban J connectivity index is 1.54. The standard InChI is InChI=1S/C15H17ClO2/c16-12-3-5-13(6-4-12)18-9-15(17)14-8-10-1-2-11(14)7-10/h3-6,10-11,14H,1-2,7-9H2. The lowest BCUT2D eigenvalue weighted by atomic mass is 9.86. The monoisotopic (exact) mass is 264 g/mol. The third-order valence-corrected chi connectivity index (χ3v) is 4.60. The summed E-state index contributed by atoms with van der Waals surface area (Å²) in [6.07, 6.45) is 4.92. The lowest BCUT2D eigenvalue weighted by Gasteiger charge is -2.20. The van der Waals surface area contributed by atoms with Crippen LogP contribution in [0.15, 0.2) is 24.3 Å². The zero-order valence-corrected chi connectivity index (χ0v) is 11.0. The van der Waals surface area contributed by atoms with E-state index in [2.05, 4.69) is 0 Å². The fourth-order valence-electron chi connectivity index (χ4n) is 3.43. The molecule has 0 spiro atoms. The molecule has 96 valence electrons. The second-order valence-corrected chi connectivity index (χ2v) is 5.93. The van der Waals surface area contributed by atoms with Crippen molar-refractivity contribution in [1.82, 2.24) is 0 Å². The smallest absolute Gasteiger partial charge is 0.173 e. The van der Waals surface area contributed by atoms with Gasteiger partial charge in [0.1, 0.15) is 12.4 Å². The van der Waals surface area contributed by atoms with Crippen LogP contribution in [0.25, 0.3) is 0 Å². The number of hydrogen-bond donors (Lipinski definition) is 0. The number of Topliss-reactive ketones (excluding diaryl/α,β-unsaturated/α-hetero) is 1. The minimum atomic E-state index is 0.204. The average molecular weight is 265 g/mol. The van der Waals surface area contributed by atoms with E-state index in [0.717, 1.165) is 18.1 Å². The second-order valence-electron chi connectivity index (χ2n) is 5.49. The molecule has 2 fully saturated rings. The minimum Gasteiger partial charge on any atom is -0.486 e. The van der Waals surface area contributed by atoms with Crippen molar-refractivity contribution in [3.63, 3.8) is 0 Å². The zero-order chi connectivity index (χ0) is 12.5. The van der Waals surface area contributed by atoms with Crippen molar-refractivity contribution >= 4 is 17.4 Å². The first kappa shape index (κ1) is 12.0. The second kappa shape index (κ2) is 4.93. The molecule has 0 aromatic heterocycles. The molecule has 3 atom stereocenters. The molecular weight excluding hydrogens is 248 g/mol. The molecule has 1 aromatic rings. The van der Waals surface area contributed by atoms with Gasteiger partial charge in [-0.15, -0.1) is 0 Å². The van der Waals surface area contributed by atoms with Gasteiger partial charge in [0, 0.05) is 10.9 Å². The molecule has 0 aliphatic heterocycles. The molecule has 2 aliphatic carbocycles. The predicted octanol–water partition coefficient (Wildman–Crippen LogP) is 3.72. The number of rotatable bonds is 4. The average Bonchev–Trinajstić information content (AvgIpc) is 3.00. The molecule has 2 nitrogen and oxygen atoms in total. The maximum Gasteiger partial charge on any atom is 0.173 e. The van der Waals surface area contributed by atoms with E-state index < -0.39 is 0 Å². The lowest BCUT2D eigenvalue weighted by Crippen LogP contribution is -2.26. The molecule has 0 radical (unpaired) electrons. The molecule has 2 aliphatic rings. The fraction of sp³-hybridized carbons (Fsp3) is 0.533. The van der Waals surface area contributed by atoms with E-state index in [1.54, 1.807) is 24.3 Å². The third kappa shape index (κ3) is 2.39. The van der Waals surface area contributed by atoms with E-state index in [4.69, 9.17) is 16.3 Å². The summed E-state index contributed by atoms with van der Waals surface area (Å²) in [5, 5.41) is 0.682. The third-order valence-electron chi connectivity index (χ3n) is 4.35. The SMILES string of the molecule is O=C(COc1ccc(Cl)cc1)C1CC2CCC1C2. The van der Waals surface area contributed by atoms with Crippen LogP contribution in [0, 0.1) is 17.8 Å². The largest absolute Gasteiger partial charge is 0.486 e. The molecular formula is C15H17ClO2. The summed E-state index contributed by atoms with van der Waals surface area (Å²) < 4.78 is 5.53. The number of fused-ring (bicyclic) bond motifs is 2. The maximum absolute atomic E-state index is 12.1. The van der Waals surface area contributed by atoms with Crippen LogP contribution in [0.5, 0.6) is 5.75 Å². The molecule has 0 N–H and O–H groups in total. The summed E-state index contributed by atoms with van der Waals surface area (Å²) in [4.78, 5) is 12.1. The van der Waals surface area contributed by atoms with Gasteiger partial charge in [-0.3, -0.25) is 4.79 Å². The Morgan fingerprint density at radius 1 is 1.22 bits per heavy atom. The van der Waals surface area contributed by atoms with Crippen LogP contribution in [0.1, 0.15) is 25.7 Å². The van der Waals surface area contributed by atoms with Crippen LogP contribution in [0.4, 0.5) is 0 Å². The first-order chi connectivity index (χ1) is 8.72. The van der Waals surface area contributed by atoms with Crippen LogP contribution < -0.4 is 4.74 Å². The lowest BCUT2D eigenvalue weighted by molar-refractivity contribution is -0.126. The number of carbonyl (C=O) groups excluding carboxylic acids is 1. The van der Waals surface area contributed by atoms with Crippen LogP contribution in [0.2, 0.25) is 5.02 Å². The molecule has 1 aromatic carbocycles. The van der Waals surface area contributed by atoms with E-state index in [9.17, 15) is 4.79 Å². The minimum absolute atomic E-state index is 0.204. The summed E-state index contributed by atoms with van der Waals surface area (Å²) in [7, 11) is 0. The highest BCUT2D eigenvalue weighted by atomic mass is 35.5. The molecule has 0 amide bonds. The molecule has 3 rings (SSSR count). The fourth-order valence-corrected chi connectivity index (χ4v) is 3.56. The van der Waals surface area contributed by atoms with Gasteiger partial charge in [0.25, 0.3) is 0 Å². The Hall–Kier alpha value is -1.02. The molecule has 0 saturated heterocycles. The van der Waals surface area contributed by atoms with Crippen molar-refractivity contribution in [2.45, 2.75) is 25.7 Å². The van der Waals surface area contributed by atoms with Crippen molar-refractivity contribution in [1.29, 1.82) is 0 Å². The van der Waals surface area contributed by atoms with Crippen molar-refractivity contribution < 1.29 is 9.53 Å². The highest BCUT2D eigenvalue weighted by Crippen LogP contribution is 2.48. The van der Waals surface area contributed by atoms with E-state index in [-0.39, 0.29) is 18.3 Å². The number of benzene rings is 1. The van der Waals surface area contributed by atoms with E-state index in [0.29, 0.717) is 10.9 Å². The van der Waals surface area contributed by atoms with Gasteiger partial charge < -0.3 is 4.74 Å². The molecule has 3 heteroatoms. The first-order valence-corrected chi connectivity index (χ1v) is 7.01. The van der Waals surface area contributed by atoms with Crippen LogP contribution in [-0.2, 0) is 4.79 Å².